The minimum atomic E-state index is -0.598. The number of benzene rings is 1. The fourth-order valence-corrected chi connectivity index (χ4v) is 1.58. The Morgan fingerprint density at radius 3 is 2.37 bits per heavy atom. The molecule has 1 aromatic rings. The van der Waals surface area contributed by atoms with Crippen LogP contribution in [-0.4, -0.2) is 10.1 Å². The highest BCUT2D eigenvalue weighted by atomic mass is 35.5. The van der Waals surface area contributed by atoms with Gasteiger partial charge in [0.25, 0.3) is 5.69 Å². The molecule has 104 valence electrons. The van der Waals surface area contributed by atoms with E-state index in [1.165, 1.54) is 12.1 Å². The molecule has 5 nitrogen and oxygen atoms in total. The fourth-order valence-electron chi connectivity index (χ4n) is 1.04. The van der Waals surface area contributed by atoms with Gasteiger partial charge in [-0.15, -0.1) is 0 Å². The Hall–Kier alpha value is -1.04. The lowest BCUT2D eigenvalue weighted by Gasteiger charge is -2.15. The number of nitrogens with zero attached hydrogens (tertiary/aromatic N) is 2. The minimum Gasteiger partial charge on any atom is -0.276 e. The van der Waals surface area contributed by atoms with Crippen molar-refractivity contribution in [1.29, 1.82) is 0 Å². The summed E-state index contributed by atoms with van der Waals surface area (Å²) in [6, 6.07) is 2.49. The lowest BCUT2D eigenvalue weighted by atomic mass is 9.99. The van der Waals surface area contributed by atoms with Crippen LogP contribution in [0.4, 0.5) is 11.4 Å². The van der Waals surface area contributed by atoms with E-state index in [1.54, 1.807) is 0 Å². The molecule has 0 aliphatic heterocycles. The summed E-state index contributed by atoms with van der Waals surface area (Å²) in [5.74, 6) is 0. The summed E-state index contributed by atoms with van der Waals surface area (Å²) in [5.41, 5.74) is 2.28. The molecule has 0 spiro atoms. The highest BCUT2D eigenvalue weighted by molar-refractivity contribution is 6.66. The van der Waals surface area contributed by atoms with Crippen LogP contribution in [0.25, 0.3) is 0 Å². The first kappa shape index (κ1) is 16.0. The van der Waals surface area contributed by atoms with Crippen molar-refractivity contribution in [3.05, 3.63) is 32.3 Å². The SMILES string of the molecule is CC(C)(C)/C(Cl)=N/Nc1cc([N+](=O)[O-])c(Cl)cc1Cl. The van der Waals surface area contributed by atoms with Gasteiger partial charge in [0.05, 0.1) is 15.6 Å². The molecule has 0 fully saturated rings. The fraction of sp³-hybridized carbons (Fsp3) is 0.364. The van der Waals surface area contributed by atoms with E-state index in [0.717, 1.165) is 0 Å². The van der Waals surface area contributed by atoms with Crippen molar-refractivity contribution in [3.8, 4) is 0 Å². The van der Waals surface area contributed by atoms with Crippen LogP contribution in [0, 0.1) is 15.5 Å². The lowest BCUT2D eigenvalue weighted by molar-refractivity contribution is -0.384. The zero-order valence-electron chi connectivity index (χ0n) is 10.5. The molecule has 19 heavy (non-hydrogen) atoms. The average Bonchev–Trinajstić information content (AvgIpc) is 2.25. The summed E-state index contributed by atoms with van der Waals surface area (Å²) >= 11 is 17.6. The van der Waals surface area contributed by atoms with Gasteiger partial charge in [0.1, 0.15) is 10.2 Å². The van der Waals surface area contributed by atoms with Crippen LogP contribution in [0.2, 0.25) is 10.0 Å². The third kappa shape index (κ3) is 4.23. The maximum atomic E-state index is 10.8. The summed E-state index contributed by atoms with van der Waals surface area (Å²) in [4.78, 5) is 10.2. The van der Waals surface area contributed by atoms with E-state index in [-0.39, 0.29) is 26.8 Å². The second kappa shape index (κ2) is 5.94. The van der Waals surface area contributed by atoms with E-state index >= 15 is 0 Å². The van der Waals surface area contributed by atoms with Gasteiger partial charge < -0.3 is 0 Å². The Labute approximate surface area is 125 Å². The number of nitrogens with one attached hydrogen (secondary N) is 1. The molecule has 1 aromatic carbocycles. The van der Waals surface area contributed by atoms with Crippen molar-refractivity contribution in [2.75, 3.05) is 5.43 Å². The molecule has 0 aliphatic rings. The van der Waals surface area contributed by atoms with Crippen LogP contribution in [0.3, 0.4) is 0 Å². The molecule has 8 heteroatoms. The average molecular weight is 325 g/mol. The highest BCUT2D eigenvalue weighted by Crippen LogP contribution is 2.34. The normalized spacial score (nSPS) is 12.4. The first-order chi connectivity index (χ1) is 8.62. The van der Waals surface area contributed by atoms with Crippen molar-refractivity contribution in [2.24, 2.45) is 10.5 Å². The molecule has 0 aliphatic carbocycles. The lowest BCUT2D eigenvalue weighted by Crippen LogP contribution is -2.15. The molecule has 0 unspecified atom stereocenters. The van der Waals surface area contributed by atoms with Gasteiger partial charge in [0, 0.05) is 11.5 Å². The second-order valence-electron chi connectivity index (χ2n) is 4.80. The third-order valence-corrected chi connectivity index (χ3v) is 3.39. The number of halogens is 3. The van der Waals surface area contributed by atoms with Gasteiger partial charge in [-0.2, -0.15) is 5.10 Å². The predicted molar refractivity (Wildman–Crippen MR) is 79.5 cm³/mol. The summed E-state index contributed by atoms with van der Waals surface area (Å²) in [6.45, 7) is 5.64. The van der Waals surface area contributed by atoms with Crippen LogP contribution in [0.15, 0.2) is 17.2 Å². The summed E-state index contributed by atoms with van der Waals surface area (Å²) < 4.78 is 0. The van der Waals surface area contributed by atoms with Gasteiger partial charge in [0.15, 0.2) is 0 Å². The minimum absolute atomic E-state index is 0.0357. The molecule has 0 saturated heterocycles. The van der Waals surface area contributed by atoms with Crippen molar-refractivity contribution >= 4 is 51.3 Å². The third-order valence-electron chi connectivity index (χ3n) is 2.13. The van der Waals surface area contributed by atoms with Gasteiger partial charge in [-0.05, 0) is 6.07 Å². The first-order valence-corrected chi connectivity index (χ1v) is 6.39. The second-order valence-corrected chi connectivity index (χ2v) is 5.98. The number of rotatable bonds is 3. The number of nitro benzene ring substituents is 1. The first-order valence-electron chi connectivity index (χ1n) is 5.26. The van der Waals surface area contributed by atoms with Crippen LogP contribution >= 0.6 is 34.8 Å². The van der Waals surface area contributed by atoms with E-state index in [9.17, 15) is 10.1 Å². The maximum absolute atomic E-state index is 10.8. The van der Waals surface area contributed by atoms with Gasteiger partial charge in [0.2, 0.25) is 0 Å². The quantitative estimate of drug-likeness (QED) is 0.488. The Kier molecular flexibility index (Phi) is 5.01. The van der Waals surface area contributed by atoms with E-state index in [2.05, 4.69) is 10.5 Å². The van der Waals surface area contributed by atoms with Crippen LogP contribution in [0.1, 0.15) is 20.8 Å². The van der Waals surface area contributed by atoms with Gasteiger partial charge in [-0.25, -0.2) is 0 Å². The Balaban J connectivity index is 3.09. The number of nitro groups is 1. The van der Waals surface area contributed by atoms with E-state index < -0.39 is 4.92 Å². The summed E-state index contributed by atoms with van der Waals surface area (Å²) in [7, 11) is 0. The Morgan fingerprint density at radius 2 is 1.89 bits per heavy atom. The monoisotopic (exact) mass is 323 g/mol. The van der Waals surface area contributed by atoms with Crippen molar-refractivity contribution in [1.82, 2.24) is 0 Å². The molecule has 0 radical (unpaired) electrons. The smallest absolute Gasteiger partial charge is 0.276 e. The number of anilines is 1. The number of hydrogen-bond acceptors (Lipinski definition) is 4. The van der Waals surface area contributed by atoms with Crippen molar-refractivity contribution in [2.45, 2.75) is 20.8 Å². The molecule has 0 atom stereocenters. The van der Waals surface area contributed by atoms with E-state index in [1.807, 2.05) is 20.8 Å². The maximum Gasteiger partial charge on any atom is 0.290 e. The zero-order chi connectivity index (χ0) is 14.8. The molecule has 0 heterocycles. The molecule has 0 saturated carbocycles. The highest BCUT2D eigenvalue weighted by Gasteiger charge is 2.18. The molecular formula is C11H12Cl3N3O2. The summed E-state index contributed by atoms with van der Waals surface area (Å²) in [6.07, 6.45) is 0. The van der Waals surface area contributed by atoms with E-state index in [4.69, 9.17) is 34.8 Å². The predicted octanol–water partition coefficient (Wildman–Crippen LogP) is 4.91. The standard InChI is InChI=1S/C11H12Cl3N3O2/c1-11(2,3)10(14)16-15-8-5-9(17(18)19)7(13)4-6(8)12/h4-5,15H,1-3H3/b16-10-. The van der Waals surface area contributed by atoms with Crippen LogP contribution in [-0.2, 0) is 0 Å². The van der Waals surface area contributed by atoms with Crippen molar-refractivity contribution < 1.29 is 4.92 Å². The zero-order valence-corrected chi connectivity index (χ0v) is 12.8. The molecular weight excluding hydrogens is 312 g/mol. The van der Waals surface area contributed by atoms with Crippen LogP contribution in [0.5, 0.6) is 0 Å². The molecule has 0 bridgehead atoms. The van der Waals surface area contributed by atoms with Crippen LogP contribution < -0.4 is 5.43 Å². The molecule has 0 aromatic heterocycles. The number of hydrogen-bond donors (Lipinski definition) is 1. The Bertz CT molecular complexity index is 539. The summed E-state index contributed by atoms with van der Waals surface area (Å²) in [5, 5.41) is 15.2. The molecule has 1 N–H and O–H groups in total. The van der Waals surface area contributed by atoms with Gasteiger partial charge >= 0.3 is 0 Å². The molecule has 1 rings (SSSR count). The largest absolute Gasteiger partial charge is 0.290 e. The van der Waals surface area contributed by atoms with Crippen molar-refractivity contribution in [3.63, 3.8) is 0 Å². The van der Waals surface area contributed by atoms with E-state index in [0.29, 0.717) is 5.17 Å². The van der Waals surface area contributed by atoms with Gasteiger partial charge in [-0.1, -0.05) is 55.6 Å². The topological polar surface area (TPSA) is 67.5 Å². The Morgan fingerprint density at radius 1 is 1.32 bits per heavy atom. The van der Waals surface area contributed by atoms with Gasteiger partial charge in [-0.3, -0.25) is 15.5 Å². The number of hydrazone groups is 1. The molecule has 0 amide bonds.